The molecule has 0 aromatic carbocycles. The van der Waals surface area contributed by atoms with Crippen LogP contribution in [0.2, 0.25) is 0 Å². The molecule has 2 aromatic rings. The number of fused-ring (bicyclic) bond motifs is 1. The fourth-order valence-corrected chi connectivity index (χ4v) is 3.27. The van der Waals surface area contributed by atoms with E-state index in [2.05, 4.69) is 35.3 Å². The Balaban J connectivity index is 1.84. The summed E-state index contributed by atoms with van der Waals surface area (Å²) in [6.07, 6.45) is 5.76. The highest BCUT2D eigenvalue weighted by molar-refractivity contribution is 5.92. The standard InChI is InChI=1S/C18H27N5O/c1-14(2)21(4)10-15-11-22-9-7-19-17(22)13-23(12-15)18(24)16-6-5-8-20(16)3/h5-9,14-15H,10-13H2,1-4H3/t15-/m0/s1. The number of hydrogen-bond donors (Lipinski definition) is 0. The third-order valence-electron chi connectivity index (χ3n) is 4.95. The number of carbonyl (C=O) groups is 1. The van der Waals surface area contributed by atoms with Gasteiger partial charge in [0.15, 0.2) is 0 Å². The average Bonchev–Trinajstić information content (AvgIpc) is 3.11. The lowest BCUT2D eigenvalue weighted by Crippen LogP contribution is -2.40. The Labute approximate surface area is 143 Å². The maximum atomic E-state index is 13.0. The number of carbonyl (C=O) groups excluding carboxylic acids is 1. The first-order valence-corrected chi connectivity index (χ1v) is 8.56. The largest absolute Gasteiger partial charge is 0.347 e. The predicted molar refractivity (Wildman–Crippen MR) is 93.6 cm³/mol. The van der Waals surface area contributed by atoms with Crippen LogP contribution in [0.1, 0.15) is 30.2 Å². The molecule has 1 amide bonds. The van der Waals surface area contributed by atoms with Gasteiger partial charge in [-0.05, 0) is 33.0 Å². The molecule has 3 rings (SSSR count). The number of hydrogen-bond acceptors (Lipinski definition) is 3. The zero-order chi connectivity index (χ0) is 17.3. The molecule has 3 heterocycles. The highest BCUT2D eigenvalue weighted by Gasteiger charge is 2.28. The molecule has 2 aromatic heterocycles. The van der Waals surface area contributed by atoms with E-state index in [0.717, 1.165) is 31.2 Å². The monoisotopic (exact) mass is 329 g/mol. The summed E-state index contributed by atoms with van der Waals surface area (Å²) in [4.78, 5) is 21.7. The Kier molecular flexibility index (Phi) is 4.76. The topological polar surface area (TPSA) is 46.3 Å². The van der Waals surface area contributed by atoms with Gasteiger partial charge in [0, 0.05) is 57.2 Å². The highest BCUT2D eigenvalue weighted by atomic mass is 16.2. The minimum absolute atomic E-state index is 0.0798. The molecule has 0 saturated heterocycles. The van der Waals surface area contributed by atoms with Gasteiger partial charge in [-0.2, -0.15) is 0 Å². The molecule has 1 atom stereocenters. The fourth-order valence-electron chi connectivity index (χ4n) is 3.27. The lowest BCUT2D eigenvalue weighted by Gasteiger charge is -2.29. The van der Waals surface area contributed by atoms with Crippen molar-refractivity contribution in [3.8, 4) is 0 Å². The summed E-state index contributed by atoms with van der Waals surface area (Å²) in [5, 5.41) is 0. The van der Waals surface area contributed by atoms with E-state index in [-0.39, 0.29) is 5.91 Å². The molecule has 0 radical (unpaired) electrons. The van der Waals surface area contributed by atoms with Crippen molar-refractivity contribution in [3.05, 3.63) is 42.2 Å². The van der Waals surface area contributed by atoms with Crippen LogP contribution in [-0.2, 0) is 20.1 Å². The van der Waals surface area contributed by atoms with Crippen molar-refractivity contribution < 1.29 is 4.79 Å². The average molecular weight is 329 g/mol. The van der Waals surface area contributed by atoms with Gasteiger partial charge in [0.05, 0.1) is 6.54 Å². The number of rotatable bonds is 4. The highest BCUT2D eigenvalue weighted by Crippen LogP contribution is 2.19. The van der Waals surface area contributed by atoms with Crippen molar-refractivity contribution in [1.82, 2.24) is 23.9 Å². The smallest absolute Gasteiger partial charge is 0.270 e. The lowest BCUT2D eigenvalue weighted by molar-refractivity contribution is 0.0693. The van der Waals surface area contributed by atoms with E-state index in [9.17, 15) is 4.79 Å². The second-order valence-electron chi connectivity index (χ2n) is 7.09. The molecule has 0 fully saturated rings. The van der Waals surface area contributed by atoms with Gasteiger partial charge in [-0.3, -0.25) is 4.79 Å². The molecule has 6 heteroatoms. The maximum absolute atomic E-state index is 13.0. The molecule has 0 aliphatic carbocycles. The second kappa shape index (κ2) is 6.81. The number of aryl methyl sites for hydroxylation is 1. The van der Waals surface area contributed by atoms with E-state index >= 15 is 0 Å². The van der Waals surface area contributed by atoms with E-state index < -0.39 is 0 Å². The first kappa shape index (κ1) is 16.8. The van der Waals surface area contributed by atoms with Crippen molar-refractivity contribution in [2.24, 2.45) is 13.0 Å². The summed E-state index contributed by atoms with van der Waals surface area (Å²) >= 11 is 0. The molecule has 6 nitrogen and oxygen atoms in total. The summed E-state index contributed by atoms with van der Waals surface area (Å²) in [5.74, 6) is 1.43. The molecule has 0 saturated carbocycles. The van der Waals surface area contributed by atoms with E-state index in [0.29, 0.717) is 18.5 Å². The van der Waals surface area contributed by atoms with Crippen molar-refractivity contribution in [2.75, 3.05) is 20.1 Å². The van der Waals surface area contributed by atoms with Gasteiger partial charge in [-0.15, -0.1) is 0 Å². The Morgan fingerprint density at radius 1 is 1.38 bits per heavy atom. The third-order valence-corrected chi connectivity index (χ3v) is 4.95. The van der Waals surface area contributed by atoms with Gasteiger partial charge in [0.1, 0.15) is 11.5 Å². The van der Waals surface area contributed by atoms with Gasteiger partial charge >= 0.3 is 0 Å². The van der Waals surface area contributed by atoms with Crippen LogP contribution in [0.4, 0.5) is 0 Å². The fraction of sp³-hybridized carbons (Fsp3) is 0.556. The summed E-state index contributed by atoms with van der Waals surface area (Å²) in [6, 6.07) is 4.29. The van der Waals surface area contributed by atoms with Crippen LogP contribution in [0.3, 0.4) is 0 Å². The SMILES string of the molecule is CC(C)N(C)C[C@@H]1CN(C(=O)c2cccn2C)Cc2nccn2C1. The van der Waals surface area contributed by atoms with Crippen LogP contribution >= 0.6 is 0 Å². The van der Waals surface area contributed by atoms with Crippen LogP contribution in [0.5, 0.6) is 0 Å². The van der Waals surface area contributed by atoms with Gasteiger partial charge < -0.3 is 18.9 Å². The molecule has 1 aliphatic heterocycles. The van der Waals surface area contributed by atoms with Crippen molar-refractivity contribution in [3.63, 3.8) is 0 Å². The Morgan fingerprint density at radius 2 is 2.17 bits per heavy atom. The number of nitrogens with zero attached hydrogens (tertiary/aromatic N) is 5. The van der Waals surface area contributed by atoms with Crippen molar-refractivity contribution in [1.29, 1.82) is 0 Å². The third kappa shape index (κ3) is 3.38. The number of amides is 1. The zero-order valence-corrected chi connectivity index (χ0v) is 15.0. The van der Waals surface area contributed by atoms with Crippen molar-refractivity contribution in [2.45, 2.75) is 33.0 Å². The van der Waals surface area contributed by atoms with E-state index in [1.54, 1.807) is 0 Å². The molecule has 130 valence electrons. The molecule has 0 spiro atoms. The summed E-state index contributed by atoms with van der Waals surface area (Å²) < 4.78 is 4.08. The quantitative estimate of drug-likeness (QED) is 0.860. The normalized spacial score (nSPS) is 18.1. The predicted octanol–water partition coefficient (Wildman–Crippen LogP) is 1.83. The molecular weight excluding hydrogens is 302 g/mol. The molecule has 1 aliphatic rings. The maximum Gasteiger partial charge on any atom is 0.270 e. The Hall–Kier alpha value is -2.08. The summed E-state index contributed by atoms with van der Waals surface area (Å²) in [5.41, 5.74) is 0.728. The summed E-state index contributed by atoms with van der Waals surface area (Å²) in [7, 11) is 4.06. The van der Waals surface area contributed by atoms with Gasteiger partial charge in [0.2, 0.25) is 0 Å². The molecule has 24 heavy (non-hydrogen) atoms. The summed E-state index contributed by atoms with van der Waals surface area (Å²) in [6.45, 7) is 7.59. The lowest BCUT2D eigenvalue weighted by atomic mass is 10.1. The van der Waals surface area contributed by atoms with Crippen LogP contribution in [0.15, 0.2) is 30.7 Å². The molecular formula is C18H27N5O. The van der Waals surface area contributed by atoms with Gasteiger partial charge in [0.25, 0.3) is 5.91 Å². The first-order chi connectivity index (χ1) is 11.5. The molecule has 0 bridgehead atoms. The van der Waals surface area contributed by atoms with Crippen LogP contribution in [0.25, 0.3) is 0 Å². The zero-order valence-electron chi connectivity index (χ0n) is 15.0. The van der Waals surface area contributed by atoms with Crippen LogP contribution in [-0.4, -0.2) is 56.0 Å². The minimum Gasteiger partial charge on any atom is -0.347 e. The van der Waals surface area contributed by atoms with Crippen LogP contribution < -0.4 is 0 Å². The van der Waals surface area contributed by atoms with Crippen molar-refractivity contribution >= 4 is 5.91 Å². The first-order valence-electron chi connectivity index (χ1n) is 8.56. The van der Waals surface area contributed by atoms with Gasteiger partial charge in [-0.25, -0.2) is 4.98 Å². The Bertz CT molecular complexity index is 702. The minimum atomic E-state index is 0.0798. The number of imidazole rings is 1. The van der Waals surface area contributed by atoms with E-state index in [1.807, 2.05) is 47.2 Å². The van der Waals surface area contributed by atoms with E-state index in [4.69, 9.17) is 0 Å². The number of aromatic nitrogens is 3. The van der Waals surface area contributed by atoms with E-state index in [1.165, 1.54) is 0 Å². The van der Waals surface area contributed by atoms with Gasteiger partial charge in [-0.1, -0.05) is 0 Å². The van der Waals surface area contributed by atoms with Crippen LogP contribution in [0, 0.1) is 5.92 Å². The second-order valence-corrected chi connectivity index (χ2v) is 7.09. The molecule has 0 N–H and O–H groups in total. The Morgan fingerprint density at radius 3 is 2.83 bits per heavy atom. The molecule has 0 unspecified atom stereocenters.